The number of thiophene rings is 1. The number of aromatic nitrogens is 2. The lowest BCUT2D eigenvalue weighted by molar-refractivity contribution is -0.130. The molecule has 1 aliphatic heterocycles. The van der Waals surface area contributed by atoms with Gasteiger partial charge in [0.2, 0.25) is 5.91 Å². The van der Waals surface area contributed by atoms with E-state index >= 15 is 0 Å². The van der Waals surface area contributed by atoms with Crippen molar-refractivity contribution >= 4 is 23.2 Å². The predicted molar refractivity (Wildman–Crippen MR) is 110 cm³/mol. The Morgan fingerprint density at radius 2 is 1.75 bits per heavy atom. The van der Waals surface area contributed by atoms with Crippen LogP contribution < -0.4 is 0 Å². The summed E-state index contributed by atoms with van der Waals surface area (Å²) < 4.78 is 1.74. The van der Waals surface area contributed by atoms with E-state index in [2.05, 4.69) is 0 Å². The van der Waals surface area contributed by atoms with Gasteiger partial charge in [-0.25, -0.2) is 4.68 Å². The zero-order chi connectivity index (χ0) is 19.7. The highest BCUT2D eigenvalue weighted by Crippen LogP contribution is 2.27. The van der Waals surface area contributed by atoms with Gasteiger partial charge in [0.25, 0.3) is 5.91 Å². The molecule has 0 unspecified atom stereocenters. The number of aryl methyl sites for hydroxylation is 1. The van der Waals surface area contributed by atoms with Crippen LogP contribution in [0.5, 0.6) is 0 Å². The minimum Gasteiger partial charge on any atom is -0.339 e. The Morgan fingerprint density at radius 1 is 1.00 bits per heavy atom. The molecular formula is C21H22N4O2S. The molecule has 0 atom stereocenters. The van der Waals surface area contributed by atoms with Crippen molar-refractivity contribution in [2.24, 2.45) is 0 Å². The van der Waals surface area contributed by atoms with Crippen LogP contribution in [0.3, 0.4) is 0 Å². The summed E-state index contributed by atoms with van der Waals surface area (Å²) in [6, 6.07) is 13.8. The first-order valence-corrected chi connectivity index (χ1v) is 10.2. The van der Waals surface area contributed by atoms with Crippen LogP contribution in [0.25, 0.3) is 16.3 Å². The van der Waals surface area contributed by atoms with E-state index in [1.165, 1.54) is 0 Å². The molecule has 0 saturated carbocycles. The van der Waals surface area contributed by atoms with Crippen molar-refractivity contribution < 1.29 is 9.59 Å². The van der Waals surface area contributed by atoms with E-state index < -0.39 is 0 Å². The number of hydrogen-bond donors (Lipinski definition) is 0. The van der Waals surface area contributed by atoms with Gasteiger partial charge in [-0.15, -0.1) is 11.3 Å². The van der Waals surface area contributed by atoms with Gasteiger partial charge < -0.3 is 9.80 Å². The fourth-order valence-electron chi connectivity index (χ4n) is 3.42. The average Bonchev–Trinajstić information content (AvgIpc) is 3.37. The van der Waals surface area contributed by atoms with E-state index in [0.717, 1.165) is 21.8 Å². The van der Waals surface area contributed by atoms with Crippen LogP contribution in [0.1, 0.15) is 23.0 Å². The lowest BCUT2D eigenvalue weighted by Crippen LogP contribution is -2.50. The third kappa shape index (κ3) is 3.57. The number of rotatable bonds is 3. The predicted octanol–water partition coefficient (Wildman–Crippen LogP) is 3.21. The van der Waals surface area contributed by atoms with E-state index in [-0.39, 0.29) is 11.8 Å². The van der Waals surface area contributed by atoms with Crippen molar-refractivity contribution in [3.8, 4) is 16.3 Å². The first kappa shape index (κ1) is 18.4. The van der Waals surface area contributed by atoms with Gasteiger partial charge >= 0.3 is 0 Å². The molecule has 28 heavy (non-hydrogen) atoms. The van der Waals surface area contributed by atoms with Crippen LogP contribution in [0.15, 0.2) is 47.8 Å². The second-order valence-corrected chi connectivity index (χ2v) is 7.89. The summed E-state index contributed by atoms with van der Waals surface area (Å²) in [5.41, 5.74) is 3.32. The number of nitrogens with zero attached hydrogens (tertiary/aromatic N) is 4. The molecule has 2 amide bonds. The molecule has 0 spiro atoms. The molecule has 0 radical (unpaired) electrons. The minimum atomic E-state index is -0.0555. The average molecular weight is 395 g/mol. The molecule has 3 heterocycles. The Hall–Kier alpha value is -2.93. The van der Waals surface area contributed by atoms with Crippen LogP contribution >= 0.6 is 11.3 Å². The Labute approximate surface area is 168 Å². The minimum absolute atomic E-state index is 0.0527. The zero-order valence-corrected chi connectivity index (χ0v) is 16.8. The Bertz CT molecular complexity index is 1000. The molecule has 0 aliphatic carbocycles. The summed E-state index contributed by atoms with van der Waals surface area (Å²) in [5.74, 6) is -0.00287. The zero-order valence-electron chi connectivity index (χ0n) is 16.0. The summed E-state index contributed by atoms with van der Waals surface area (Å²) >= 11 is 1.60. The van der Waals surface area contributed by atoms with E-state index in [1.807, 2.05) is 54.8 Å². The van der Waals surface area contributed by atoms with E-state index in [9.17, 15) is 9.59 Å². The third-order valence-electron chi connectivity index (χ3n) is 4.96. The Morgan fingerprint density at radius 3 is 2.39 bits per heavy atom. The molecule has 7 heteroatoms. The molecule has 4 rings (SSSR count). The van der Waals surface area contributed by atoms with Crippen molar-refractivity contribution in [1.82, 2.24) is 19.6 Å². The normalized spacial score (nSPS) is 14.4. The standard InChI is InChI=1S/C21H22N4O2S/c1-15-5-3-6-17(13-15)25-19(14-18(22-25)20-7-4-12-28-20)21(27)24-10-8-23(9-11-24)16(2)26/h3-7,12-14H,8-11H2,1-2H3. The maximum absolute atomic E-state index is 13.3. The highest BCUT2D eigenvalue weighted by molar-refractivity contribution is 7.13. The SMILES string of the molecule is CC(=O)N1CCN(C(=O)c2cc(-c3cccs3)nn2-c2cccc(C)c2)CC1. The van der Waals surface area contributed by atoms with E-state index in [4.69, 9.17) is 5.10 Å². The van der Waals surface area contributed by atoms with Crippen LogP contribution in [0.4, 0.5) is 0 Å². The molecule has 1 aliphatic rings. The number of piperazine rings is 1. The summed E-state index contributed by atoms with van der Waals surface area (Å²) in [7, 11) is 0. The summed E-state index contributed by atoms with van der Waals surface area (Å²) in [6.45, 7) is 5.79. The van der Waals surface area contributed by atoms with Gasteiger partial charge in [0.05, 0.1) is 10.6 Å². The molecule has 0 N–H and O–H groups in total. The summed E-state index contributed by atoms with van der Waals surface area (Å²) in [6.07, 6.45) is 0. The highest BCUT2D eigenvalue weighted by Gasteiger charge is 2.27. The molecule has 1 aromatic carbocycles. The molecule has 2 aromatic heterocycles. The number of amides is 2. The molecule has 6 nitrogen and oxygen atoms in total. The van der Waals surface area contributed by atoms with Crippen LogP contribution in [0.2, 0.25) is 0 Å². The first-order valence-electron chi connectivity index (χ1n) is 9.29. The second-order valence-electron chi connectivity index (χ2n) is 6.94. The van der Waals surface area contributed by atoms with Crippen molar-refractivity contribution in [2.75, 3.05) is 26.2 Å². The lowest BCUT2D eigenvalue weighted by atomic mass is 10.2. The summed E-state index contributed by atoms with van der Waals surface area (Å²) in [4.78, 5) is 29.5. The van der Waals surface area contributed by atoms with Gasteiger partial charge in [-0.3, -0.25) is 9.59 Å². The topological polar surface area (TPSA) is 58.4 Å². The quantitative estimate of drug-likeness (QED) is 0.685. The van der Waals surface area contributed by atoms with Gasteiger partial charge in [0.1, 0.15) is 11.4 Å². The van der Waals surface area contributed by atoms with Crippen LogP contribution in [-0.4, -0.2) is 57.6 Å². The fraction of sp³-hybridized carbons (Fsp3) is 0.286. The fourth-order valence-corrected chi connectivity index (χ4v) is 4.10. The molecule has 144 valence electrons. The van der Waals surface area contributed by atoms with Gasteiger partial charge in [-0.05, 0) is 42.1 Å². The van der Waals surface area contributed by atoms with E-state index in [0.29, 0.717) is 31.9 Å². The Balaban J connectivity index is 1.69. The number of carbonyl (C=O) groups excluding carboxylic acids is 2. The maximum Gasteiger partial charge on any atom is 0.272 e. The largest absolute Gasteiger partial charge is 0.339 e. The third-order valence-corrected chi connectivity index (χ3v) is 5.85. The number of carbonyl (C=O) groups is 2. The van der Waals surface area contributed by atoms with Gasteiger partial charge in [0.15, 0.2) is 0 Å². The number of hydrogen-bond acceptors (Lipinski definition) is 4. The van der Waals surface area contributed by atoms with Gasteiger partial charge in [-0.2, -0.15) is 5.10 Å². The smallest absolute Gasteiger partial charge is 0.272 e. The molecule has 0 bridgehead atoms. The number of benzene rings is 1. The van der Waals surface area contributed by atoms with E-state index in [1.54, 1.807) is 32.7 Å². The van der Waals surface area contributed by atoms with Crippen molar-refractivity contribution in [2.45, 2.75) is 13.8 Å². The molecular weight excluding hydrogens is 372 g/mol. The van der Waals surface area contributed by atoms with Crippen LogP contribution in [-0.2, 0) is 4.79 Å². The first-order chi connectivity index (χ1) is 13.5. The molecule has 1 fully saturated rings. The van der Waals surface area contributed by atoms with Crippen LogP contribution in [0, 0.1) is 6.92 Å². The second kappa shape index (κ2) is 7.59. The molecule has 3 aromatic rings. The van der Waals surface area contributed by atoms with Crippen molar-refractivity contribution in [3.05, 3.63) is 59.1 Å². The monoisotopic (exact) mass is 394 g/mol. The highest BCUT2D eigenvalue weighted by atomic mass is 32.1. The Kier molecular flexibility index (Phi) is 5.00. The van der Waals surface area contributed by atoms with Gasteiger partial charge in [-0.1, -0.05) is 18.2 Å². The van der Waals surface area contributed by atoms with Crippen molar-refractivity contribution in [1.29, 1.82) is 0 Å². The molecule has 1 saturated heterocycles. The lowest BCUT2D eigenvalue weighted by Gasteiger charge is -2.34. The summed E-state index contributed by atoms with van der Waals surface area (Å²) in [5, 5.41) is 6.74. The van der Waals surface area contributed by atoms with Gasteiger partial charge in [0, 0.05) is 33.1 Å². The van der Waals surface area contributed by atoms with Crippen molar-refractivity contribution in [3.63, 3.8) is 0 Å². The maximum atomic E-state index is 13.3.